The molecule has 0 spiro atoms. The van der Waals surface area contributed by atoms with Gasteiger partial charge >= 0.3 is 17.9 Å². The van der Waals surface area contributed by atoms with Crippen molar-refractivity contribution in [3.63, 3.8) is 0 Å². The van der Waals surface area contributed by atoms with Crippen LogP contribution in [0.25, 0.3) is 0 Å². The first kappa shape index (κ1) is 24.2. The zero-order valence-electron chi connectivity index (χ0n) is 15.5. The van der Waals surface area contributed by atoms with E-state index < -0.39 is 48.9 Å². The van der Waals surface area contributed by atoms with Gasteiger partial charge in [-0.05, 0) is 20.8 Å². The zero-order valence-corrected chi connectivity index (χ0v) is 15.5. The number of carbonyl (C=O) groups excluding carboxylic acids is 4. The number of aliphatic hydroxyl groups is 2. The van der Waals surface area contributed by atoms with Gasteiger partial charge in [-0.3, -0.25) is 4.79 Å². The predicted molar refractivity (Wildman–Crippen MR) is 93.2 cm³/mol. The van der Waals surface area contributed by atoms with Crippen LogP contribution in [0.15, 0.2) is 36.5 Å². The Bertz CT molecular complexity index is 635. The molecule has 0 heterocycles. The van der Waals surface area contributed by atoms with Crippen molar-refractivity contribution in [3.8, 4) is 0 Å². The molecule has 2 N–H and O–H groups in total. The second-order valence-electron chi connectivity index (χ2n) is 5.84. The second-order valence-corrected chi connectivity index (χ2v) is 5.84. The Balaban J connectivity index is 5.99. The SMILES string of the molecule is C=C(C)C(=O)O[C@@H]([C@H](OC(=O)C(=C)C)[C@@H](C=O)OC(=O)C(=C)C)[C@H](O)CO. The van der Waals surface area contributed by atoms with Crippen LogP contribution in [0.4, 0.5) is 0 Å². The summed E-state index contributed by atoms with van der Waals surface area (Å²) >= 11 is 0. The number of esters is 3. The molecule has 0 bridgehead atoms. The number of aldehydes is 1. The highest BCUT2D eigenvalue weighted by Crippen LogP contribution is 2.19. The number of carbonyl (C=O) groups is 4. The van der Waals surface area contributed by atoms with Gasteiger partial charge in [0.25, 0.3) is 0 Å². The first-order chi connectivity index (χ1) is 12.5. The fourth-order valence-corrected chi connectivity index (χ4v) is 1.63. The summed E-state index contributed by atoms with van der Waals surface area (Å²) in [6.07, 6.45) is -6.90. The third-order valence-electron chi connectivity index (χ3n) is 3.12. The molecule has 0 rings (SSSR count). The minimum atomic E-state index is -1.76. The lowest BCUT2D eigenvalue weighted by atomic mass is 10.0. The summed E-state index contributed by atoms with van der Waals surface area (Å²) in [5.41, 5.74) is -0.180. The van der Waals surface area contributed by atoms with Crippen LogP contribution in [0.5, 0.6) is 0 Å². The van der Waals surface area contributed by atoms with Gasteiger partial charge in [0.05, 0.1) is 6.61 Å². The lowest BCUT2D eigenvalue weighted by molar-refractivity contribution is -0.191. The zero-order chi connectivity index (χ0) is 21.3. The summed E-state index contributed by atoms with van der Waals surface area (Å²) < 4.78 is 15.0. The number of hydrogen-bond acceptors (Lipinski definition) is 9. The van der Waals surface area contributed by atoms with Crippen molar-refractivity contribution in [1.82, 2.24) is 0 Å². The average molecular weight is 384 g/mol. The van der Waals surface area contributed by atoms with E-state index in [1.165, 1.54) is 20.8 Å². The fourth-order valence-electron chi connectivity index (χ4n) is 1.63. The molecular formula is C18H24O9. The molecule has 0 amide bonds. The molecule has 0 aliphatic carbocycles. The van der Waals surface area contributed by atoms with E-state index in [1.54, 1.807) is 0 Å². The quantitative estimate of drug-likeness (QED) is 0.218. The molecule has 0 radical (unpaired) electrons. The summed E-state index contributed by atoms with van der Waals surface area (Å²) in [4.78, 5) is 47.0. The Morgan fingerprint density at radius 2 is 1.22 bits per heavy atom. The first-order valence-electron chi connectivity index (χ1n) is 7.79. The van der Waals surface area contributed by atoms with Crippen molar-refractivity contribution in [2.24, 2.45) is 0 Å². The molecule has 0 unspecified atom stereocenters. The van der Waals surface area contributed by atoms with E-state index in [0.717, 1.165) is 0 Å². The molecule has 0 aliphatic rings. The molecule has 0 aromatic heterocycles. The molecule has 0 aliphatic heterocycles. The number of rotatable bonds is 11. The largest absolute Gasteiger partial charge is 0.452 e. The van der Waals surface area contributed by atoms with Gasteiger partial charge in [0.1, 0.15) is 6.10 Å². The highest BCUT2D eigenvalue weighted by Gasteiger charge is 2.42. The van der Waals surface area contributed by atoms with Crippen molar-refractivity contribution in [3.05, 3.63) is 36.5 Å². The molecule has 0 saturated carbocycles. The third-order valence-corrected chi connectivity index (χ3v) is 3.12. The van der Waals surface area contributed by atoms with E-state index >= 15 is 0 Å². The standard InChI is InChI=1S/C18H24O9/c1-9(2)16(22)25-13(8-20)15(27-18(24)11(5)6)14(12(21)7-19)26-17(23)10(3)4/h8,12-15,19,21H,1,3,5,7H2,2,4,6H3/t12-,13-,14-,15-/m1/s1. The van der Waals surface area contributed by atoms with Crippen LogP contribution >= 0.6 is 0 Å². The molecule has 0 aromatic carbocycles. The lowest BCUT2D eigenvalue weighted by Gasteiger charge is -2.32. The van der Waals surface area contributed by atoms with Crippen molar-refractivity contribution >= 4 is 24.2 Å². The van der Waals surface area contributed by atoms with Gasteiger partial charge in [0.15, 0.2) is 24.6 Å². The van der Waals surface area contributed by atoms with Gasteiger partial charge in [-0.1, -0.05) is 19.7 Å². The Labute approximate surface area is 156 Å². The van der Waals surface area contributed by atoms with Crippen LogP contribution < -0.4 is 0 Å². The van der Waals surface area contributed by atoms with E-state index in [9.17, 15) is 29.4 Å². The maximum Gasteiger partial charge on any atom is 0.333 e. The summed E-state index contributed by atoms with van der Waals surface area (Å²) in [5.74, 6) is -2.97. The molecule has 9 heteroatoms. The molecule has 0 fully saturated rings. The number of aliphatic hydroxyl groups excluding tert-OH is 2. The Hall–Kier alpha value is -2.78. The van der Waals surface area contributed by atoms with E-state index in [0.29, 0.717) is 0 Å². The van der Waals surface area contributed by atoms with Gasteiger partial charge in [0.2, 0.25) is 0 Å². The maximum absolute atomic E-state index is 11.9. The van der Waals surface area contributed by atoms with Crippen LogP contribution in [0, 0.1) is 0 Å². The van der Waals surface area contributed by atoms with Crippen LogP contribution in [0.2, 0.25) is 0 Å². The molecular weight excluding hydrogens is 360 g/mol. The van der Waals surface area contributed by atoms with Crippen molar-refractivity contribution in [1.29, 1.82) is 0 Å². The molecule has 150 valence electrons. The average Bonchev–Trinajstić information content (AvgIpc) is 2.60. The Morgan fingerprint density at radius 3 is 1.56 bits per heavy atom. The fraction of sp³-hybridized carbons (Fsp3) is 0.444. The van der Waals surface area contributed by atoms with Crippen LogP contribution in [0.1, 0.15) is 20.8 Å². The smallest absolute Gasteiger partial charge is 0.333 e. The van der Waals surface area contributed by atoms with Crippen LogP contribution in [0.3, 0.4) is 0 Å². The van der Waals surface area contributed by atoms with E-state index in [2.05, 4.69) is 19.7 Å². The minimum Gasteiger partial charge on any atom is -0.452 e. The summed E-state index contributed by atoms with van der Waals surface area (Å²) in [6.45, 7) is 13.2. The van der Waals surface area contributed by atoms with E-state index in [1.807, 2.05) is 0 Å². The maximum atomic E-state index is 11.9. The summed E-state index contributed by atoms with van der Waals surface area (Å²) in [5, 5.41) is 19.3. The molecule has 27 heavy (non-hydrogen) atoms. The Morgan fingerprint density at radius 1 is 0.852 bits per heavy atom. The molecule has 0 saturated heterocycles. The highest BCUT2D eigenvalue weighted by molar-refractivity contribution is 5.89. The van der Waals surface area contributed by atoms with Crippen molar-refractivity contribution < 1.29 is 43.6 Å². The predicted octanol–water partition coefficient (Wildman–Crippen LogP) is 0.00220. The van der Waals surface area contributed by atoms with Gasteiger partial charge in [-0.2, -0.15) is 0 Å². The highest BCUT2D eigenvalue weighted by atomic mass is 16.6. The van der Waals surface area contributed by atoms with E-state index in [4.69, 9.17) is 14.2 Å². The summed E-state index contributed by atoms with van der Waals surface area (Å²) in [6, 6.07) is 0. The second kappa shape index (κ2) is 11.0. The van der Waals surface area contributed by atoms with Gasteiger partial charge in [-0.25, -0.2) is 14.4 Å². The normalized spacial score (nSPS) is 14.7. The summed E-state index contributed by atoms with van der Waals surface area (Å²) in [7, 11) is 0. The number of ether oxygens (including phenoxy) is 3. The topological polar surface area (TPSA) is 136 Å². The minimum absolute atomic E-state index is 0.0509. The molecule has 0 aromatic rings. The van der Waals surface area contributed by atoms with Crippen LogP contribution in [-0.2, 0) is 33.4 Å². The monoisotopic (exact) mass is 384 g/mol. The van der Waals surface area contributed by atoms with Gasteiger partial charge in [-0.15, -0.1) is 0 Å². The van der Waals surface area contributed by atoms with Gasteiger partial charge < -0.3 is 24.4 Å². The van der Waals surface area contributed by atoms with Crippen LogP contribution in [-0.4, -0.2) is 65.4 Å². The van der Waals surface area contributed by atoms with Gasteiger partial charge in [0, 0.05) is 16.7 Å². The first-order valence-corrected chi connectivity index (χ1v) is 7.79. The molecule has 9 nitrogen and oxygen atoms in total. The number of hydrogen-bond donors (Lipinski definition) is 2. The third kappa shape index (κ3) is 7.55. The Kier molecular flexibility index (Phi) is 9.91. The van der Waals surface area contributed by atoms with Crippen molar-refractivity contribution in [2.75, 3.05) is 6.61 Å². The molecule has 4 atom stereocenters. The van der Waals surface area contributed by atoms with Crippen molar-refractivity contribution in [2.45, 2.75) is 45.2 Å². The lowest BCUT2D eigenvalue weighted by Crippen LogP contribution is -2.52. The van der Waals surface area contributed by atoms with E-state index in [-0.39, 0.29) is 23.0 Å².